The predicted octanol–water partition coefficient (Wildman–Crippen LogP) is 5.24. The second-order valence-corrected chi connectivity index (χ2v) is 8.43. The Morgan fingerprint density at radius 2 is 1.42 bits per heavy atom. The summed E-state index contributed by atoms with van der Waals surface area (Å²) < 4.78 is 5.27. The van der Waals surface area contributed by atoms with E-state index >= 15 is 0 Å². The normalized spacial score (nSPS) is 17.1. The van der Waals surface area contributed by atoms with E-state index in [0.717, 1.165) is 12.8 Å². The summed E-state index contributed by atoms with van der Waals surface area (Å²) in [6, 6.07) is -0.451. The molecule has 1 heterocycles. The molecule has 0 spiro atoms. The number of amides is 1. The third-order valence-electron chi connectivity index (χ3n) is 4.88. The number of rotatable bonds is 16. The molecule has 1 atom stereocenters. The van der Waals surface area contributed by atoms with Crippen LogP contribution in [0.2, 0.25) is 0 Å². The highest BCUT2D eigenvalue weighted by Gasteiger charge is 2.26. The highest BCUT2D eigenvalue weighted by atomic mass is 32.2. The average molecular weight is 386 g/mol. The summed E-state index contributed by atoms with van der Waals surface area (Å²) in [6.07, 6.45) is 18.5. The van der Waals surface area contributed by atoms with E-state index in [1.54, 1.807) is 0 Å². The monoisotopic (exact) mass is 385 g/mol. The minimum Gasteiger partial charge on any atom is -0.464 e. The number of carbonyl (C=O) groups excluding carboxylic acids is 2. The van der Waals surface area contributed by atoms with Gasteiger partial charge in [-0.15, -0.1) is 11.8 Å². The van der Waals surface area contributed by atoms with Crippen LogP contribution in [0.5, 0.6) is 0 Å². The largest absolute Gasteiger partial charge is 0.464 e. The molecule has 1 rings (SSSR count). The van der Waals surface area contributed by atoms with Crippen molar-refractivity contribution in [2.24, 2.45) is 0 Å². The Labute approximate surface area is 164 Å². The van der Waals surface area contributed by atoms with Crippen molar-refractivity contribution in [1.29, 1.82) is 0 Å². The Balaban J connectivity index is 1.78. The summed E-state index contributed by atoms with van der Waals surface area (Å²) in [5.74, 6) is 0.728. The van der Waals surface area contributed by atoms with Crippen LogP contribution in [-0.4, -0.2) is 36.0 Å². The fourth-order valence-electron chi connectivity index (χ4n) is 3.24. The molecule has 0 unspecified atom stereocenters. The predicted molar refractivity (Wildman–Crippen MR) is 111 cm³/mol. The summed E-state index contributed by atoms with van der Waals surface area (Å²) in [5, 5.41) is 2.68. The molecule has 1 aliphatic rings. The molecule has 0 saturated carbocycles. The van der Waals surface area contributed by atoms with E-state index in [4.69, 9.17) is 4.74 Å². The topological polar surface area (TPSA) is 55.4 Å². The van der Waals surface area contributed by atoms with Gasteiger partial charge in [-0.25, -0.2) is 4.79 Å². The second-order valence-electron chi connectivity index (χ2n) is 7.40. The average Bonchev–Trinajstić information content (AvgIpc) is 2.64. The molecular formula is C21H39NO3S. The van der Waals surface area contributed by atoms with Gasteiger partial charge in [-0.2, -0.15) is 0 Å². The summed E-state index contributed by atoms with van der Waals surface area (Å²) in [6.45, 7) is 2.75. The van der Waals surface area contributed by atoms with Crippen molar-refractivity contribution in [3.05, 3.63) is 0 Å². The lowest BCUT2D eigenvalue weighted by Gasteiger charge is -2.21. The smallest absolute Gasteiger partial charge is 0.329 e. The van der Waals surface area contributed by atoms with E-state index < -0.39 is 6.04 Å². The third kappa shape index (κ3) is 12.6. The summed E-state index contributed by atoms with van der Waals surface area (Å²) >= 11 is 1.49. The Hall–Kier alpha value is -0.710. The number of nitrogens with one attached hydrogen (secondary N) is 1. The molecule has 26 heavy (non-hydrogen) atoms. The van der Waals surface area contributed by atoms with Gasteiger partial charge in [-0.3, -0.25) is 4.79 Å². The third-order valence-corrected chi connectivity index (χ3v) is 5.91. The zero-order valence-corrected chi connectivity index (χ0v) is 17.5. The van der Waals surface area contributed by atoms with Crippen LogP contribution in [0.1, 0.15) is 96.8 Å². The van der Waals surface area contributed by atoms with Crippen LogP contribution in [0.15, 0.2) is 0 Å². The number of unbranched alkanes of at least 4 members (excludes halogenated alkanes) is 13. The maximum Gasteiger partial charge on any atom is 0.329 e. The van der Waals surface area contributed by atoms with Crippen molar-refractivity contribution in [3.8, 4) is 0 Å². The molecule has 0 bridgehead atoms. The van der Waals surface area contributed by atoms with Crippen LogP contribution < -0.4 is 5.32 Å². The molecule has 0 aliphatic carbocycles. The van der Waals surface area contributed by atoms with Gasteiger partial charge in [0.05, 0.1) is 12.4 Å². The van der Waals surface area contributed by atoms with Crippen molar-refractivity contribution in [2.75, 3.05) is 18.1 Å². The number of hydrogen-bond donors (Lipinski definition) is 1. The molecular weight excluding hydrogens is 346 g/mol. The number of carbonyl (C=O) groups is 2. The minimum atomic E-state index is -0.451. The van der Waals surface area contributed by atoms with Crippen LogP contribution in [0.4, 0.5) is 0 Å². The summed E-state index contributed by atoms with van der Waals surface area (Å²) in [5.41, 5.74) is 0. The van der Waals surface area contributed by atoms with Crippen molar-refractivity contribution >= 4 is 23.6 Å². The summed E-state index contributed by atoms with van der Waals surface area (Å²) in [7, 11) is 0. The van der Waals surface area contributed by atoms with Crippen molar-refractivity contribution < 1.29 is 14.3 Å². The lowest BCUT2D eigenvalue weighted by atomic mass is 10.0. The van der Waals surface area contributed by atoms with E-state index in [9.17, 15) is 9.59 Å². The Morgan fingerprint density at radius 1 is 0.923 bits per heavy atom. The molecule has 1 saturated heterocycles. The molecule has 0 aromatic rings. The number of esters is 1. The number of thioether (sulfide) groups is 1. The van der Waals surface area contributed by atoms with Crippen molar-refractivity contribution in [2.45, 2.75) is 103 Å². The highest BCUT2D eigenvalue weighted by molar-refractivity contribution is 8.00. The molecule has 1 aliphatic heterocycles. The SMILES string of the molecule is CCCCCCCCCCCCCCCCOC(=O)[C@@H]1CSCC(=O)N1. The van der Waals surface area contributed by atoms with Gasteiger partial charge in [0, 0.05) is 5.75 Å². The molecule has 5 heteroatoms. The lowest BCUT2D eigenvalue weighted by Crippen LogP contribution is -2.47. The standard InChI is InChI=1S/C21H39NO3S/c1-2-3-4-5-6-7-8-9-10-11-12-13-14-15-16-25-21(24)19-17-26-18-20(23)22-19/h19H,2-18H2,1H3,(H,22,23)/t19-/m0/s1. The fraction of sp³-hybridized carbons (Fsp3) is 0.905. The van der Waals surface area contributed by atoms with Gasteiger partial charge in [-0.1, -0.05) is 90.4 Å². The Morgan fingerprint density at radius 3 is 1.92 bits per heavy atom. The van der Waals surface area contributed by atoms with Crippen molar-refractivity contribution in [3.63, 3.8) is 0 Å². The molecule has 0 aromatic heterocycles. The first kappa shape index (κ1) is 23.3. The maximum absolute atomic E-state index is 11.8. The first-order chi connectivity index (χ1) is 12.7. The van der Waals surface area contributed by atoms with Gasteiger partial charge in [0.2, 0.25) is 5.91 Å². The van der Waals surface area contributed by atoms with E-state index in [1.807, 2.05) is 0 Å². The molecule has 1 N–H and O–H groups in total. The van der Waals surface area contributed by atoms with Gasteiger partial charge >= 0.3 is 5.97 Å². The van der Waals surface area contributed by atoms with Gasteiger partial charge < -0.3 is 10.1 Å². The maximum atomic E-state index is 11.8. The van der Waals surface area contributed by atoms with Gasteiger partial charge in [-0.05, 0) is 6.42 Å². The number of hydrogen-bond acceptors (Lipinski definition) is 4. The van der Waals surface area contributed by atoms with Crippen LogP contribution >= 0.6 is 11.8 Å². The molecule has 1 fully saturated rings. The quantitative estimate of drug-likeness (QED) is 0.291. The first-order valence-corrected chi connectivity index (χ1v) is 11.9. The second kappa shape index (κ2) is 16.5. The Bertz CT molecular complexity index is 376. The zero-order valence-electron chi connectivity index (χ0n) is 16.7. The van der Waals surface area contributed by atoms with E-state index in [0.29, 0.717) is 18.1 Å². The highest BCUT2D eigenvalue weighted by Crippen LogP contribution is 2.13. The van der Waals surface area contributed by atoms with Gasteiger partial charge in [0.15, 0.2) is 0 Å². The van der Waals surface area contributed by atoms with Gasteiger partial charge in [0.1, 0.15) is 6.04 Å². The van der Waals surface area contributed by atoms with Crippen LogP contribution in [0.3, 0.4) is 0 Å². The molecule has 4 nitrogen and oxygen atoms in total. The lowest BCUT2D eigenvalue weighted by molar-refractivity contribution is -0.147. The zero-order chi connectivity index (χ0) is 18.9. The minimum absolute atomic E-state index is 0.0697. The molecule has 0 radical (unpaired) electrons. The Kier molecular flexibility index (Phi) is 14.8. The van der Waals surface area contributed by atoms with E-state index in [2.05, 4.69) is 12.2 Å². The van der Waals surface area contributed by atoms with Crippen LogP contribution in [0.25, 0.3) is 0 Å². The van der Waals surface area contributed by atoms with E-state index in [1.165, 1.54) is 88.8 Å². The van der Waals surface area contributed by atoms with Crippen LogP contribution in [0, 0.1) is 0 Å². The van der Waals surface area contributed by atoms with Crippen molar-refractivity contribution in [1.82, 2.24) is 5.32 Å². The number of ether oxygens (including phenoxy) is 1. The van der Waals surface area contributed by atoms with Crippen LogP contribution in [-0.2, 0) is 14.3 Å². The summed E-state index contributed by atoms with van der Waals surface area (Å²) in [4.78, 5) is 23.1. The van der Waals surface area contributed by atoms with E-state index in [-0.39, 0.29) is 11.9 Å². The van der Waals surface area contributed by atoms with Gasteiger partial charge in [0.25, 0.3) is 0 Å². The molecule has 152 valence electrons. The molecule has 1 amide bonds. The first-order valence-electron chi connectivity index (χ1n) is 10.8. The fourth-order valence-corrected chi connectivity index (χ4v) is 4.09. The molecule has 0 aromatic carbocycles.